The Morgan fingerprint density at radius 2 is 2.00 bits per heavy atom. The third-order valence-electron chi connectivity index (χ3n) is 3.06. The Morgan fingerprint density at radius 3 is 2.56 bits per heavy atom. The van der Waals surface area contributed by atoms with Crippen molar-refractivity contribution in [1.82, 2.24) is 5.32 Å². The molecule has 1 nitrogen and oxygen atoms in total. The number of rotatable bonds is 4. The van der Waals surface area contributed by atoms with Crippen LogP contribution in [0.1, 0.15) is 24.3 Å². The van der Waals surface area contributed by atoms with E-state index in [1.54, 1.807) is 0 Å². The van der Waals surface area contributed by atoms with Gasteiger partial charge >= 0.3 is 0 Å². The standard InChI is InChI=1S/C13H15BrClN/c1-9(15)8-16-13-6-11(7-13)10-2-4-12(14)5-3-10/h2-5,11,13,16H,1,6-8H2. The van der Waals surface area contributed by atoms with Crippen LogP contribution in [0.4, 0.5) is 0 Å². The highest BCUT2D eigenvalue weighted by Gasteiger charge is 2.29. The Kier molecular flexibility index (Phi) is 4.06. The fourth-order valence-electron chi connectivity index (χ4n) is 2.05. The van der Waals surface area contributed by atoms with Gasteiger partial charge in [-0.2, -0.15) is 0 Å². The van der Waals surface area contributed by atoms with Crippen LogP contribution in [0.25, 0.3) is 0 Å². The normalized spacial score (nSPS) is 23.9. The lowest BCUT2D eigenvalue weighted by molar-refractivity contribution is 0.299. The lowest BCUT2D eigenvalue weighted by Crippen LogP contribution is -2.40. The zero-order chi connectivity index (χ0) is 11.5. The molecule has 0 heterocycles. The third-order valence-corrected chi connectivity index (χ3v) is 3.72. The molecule has 1 saturated carbocycles. The molecule has 1 aliphatic carbocycles. The fourth-order valence-corrected chi connectivity index (χ4v) is 2.39. The summed E-state index contributed by atoms with van der Waals surface area (Å²) >= 11 is 9.16. The summed E-state index contributed by atoms with van der Waals surface area (Å²) < 4.78 is 1.14. The highest BCUT2D eigenvalue weighted by molar-refractivity contribution is 9.10. The summed E-state index contributed by atoms with van der Waals surface area (Å²) in [4.78, 5) is 0. The van der Waals surface area contributed by atoms with Crippen molar-refractivity contribution in [1.29, 1.82) is 0 Å². The van der Waals surface area contributed by atoms with Crippen molar-refractivity contribution in [3.63, 3.8) is 0 Å². The van der Waals surface area contributed by atoms with Crippen molar-refractivity contribution in [3.05, 3.63) is 45.9 Å². The van der Waals surface area contributed by atoms with Gasteiger partial charge in [0.15, 0.2) is 0 Å². The summed E-state index contributed by atoms with van der Waals surface area (Å²) in [5.41, 5.74) is 1.44. The lowest BCUT2D eigenvalue weighted by atomic mass is 9.76. The second-order valence-electron chi connectivity index (χ2n) is 4.31. The fraction of sp³-hybridized carbons (Fsp3) is 0.385. The van der Waals surface area contributed by atoms with E-state index in [9.17, 15) is 0 Å². The highest BCUT2D eigenvalue weighted by Crippen LogP contribution is 2.37. The van der Waals surface area contributed by atoms with Gasteiger partial charge in [0.05, 0.1) is 0 Å². The average Bonchev–Trinajstić information content (AvgIpc) is 2.18. The molecule has 0 atom stereocenters. The SMILES string of the molecule is C=C(Cl)CNC1CC(c2ccc(Br)cc2)C1. The van der Waals surface area contributed by atoms with Crippen LogP contribution in [0.3, 0.4) is 0 Å². The first-order valence-electron chi connectivity index (χ1n) is 5.47. The van der Waals surface area contributed by atoms with E-state index < -0.39 is 0 Å². The molecule has 0 aromatic heterocycles. The van der Waals surface area contributed by atoms with E-state index >= 15 is 0 Å². The van der Waals surface area contributed by atoms with Gasteiger partial charge in [0.1, 0.15) is 0 Å². The summed E-state index contributed by atoms with van der Waals surface area (Å²) in [6.45, 7) is 4.39. The quantitative estimate of drug-likeness (QED) is 0.885. The average molecular weight is 301 g/mol. The van der Waals surface area contributed by atoms with E-state index in [1.807, 2.05) is 0 Å². The van der Waals surface area contributed by atoms with Crippen molar-refractivity contribution >= 4 is 27.5 Å². The van der Waals surface area contributed by atoms with Gasteiger partial charge in [-0.25, -0.2) is 0 Å². The summed E-state index contributed by atoms with van der Waals surface area (Å²) in [5.74, 6) is 0.703. The molecule has 2 rings (SSSR count). The number of benzene rings is 1. The first-order chi connectivity index (χ1) is 7.65. The number of nitrogens with one attached hydrogen (secondary N) is 1. The van der Waals surface area contributed by atoms with Crippen LogP contribution in [-0.4, -0.2) is 12.6 Å². The maximum atomic E-state index is 5.71. The van der Waals surface area contributed by atoms with Gasteiger partial charge in [0.25, 0.3) is 0 Å². The van der Waals surface area contributed by atoms with Gasteiger partial charge < -0.3 is 5.32 Å². The molecule has 0 amide bonds. The molecule has 0 saturated heterocycles. The summed E-state index contributed by atoms with van der Waals surface area (Å²) in [6, 6.07) is 9.22. The lowest BCUT2D eigenvalue weighted by Gasteiger charge is -2.36. The molecule has 3 heteroatoms. The zero-order valence-electron chi connectivity index (χ0n) is 9.05. The zero-order valence-corrected chi connectivity index (χ0v) is 11.4. The van der Waals surface area contributed by atoms with Crippen LogP contribution in [0.2, 0.25) is 0 Å². The molecule has 1 aliphatic rings. The van der Waals surface area contributed by atoms with Gasteiger partial charge in [0.2, 0.25) is 0 Å². The summed E-state index contributed by atoms with van der Waals surface area (Å²) in [6.07, 6.45) is 2.40. The molecule has 1 aromatic rings. The monoisotopic (exact) mass is 299 g/mol. The molecular formula is C13H15BrClN. The van der Waals surface area contributed by atoms with E-state index in [2.05, 4.69) is 52.1 Å². The van der Waals surface area contributed by atoms with E-state index in [-0.39, 0.29) is 0 Å². The summed E-state index contributed by atoms with van der Waals surface area (Å²) in [5, 5.41) is 4.08. The number of hydrogen-bond donors (Lipinski definition) is 1. The Morgan fingerprint density at radius 1 is 1.38 bits per heavy atom. The first-order valence-corrected chi connectivity index (χ1v) is 6.64. The summed E-state index contributed by atoms with van der Waals surface area (Å²) in [7, 11) is 0. The van der Waals surface area contributed by atoms with E-state index in [0.717, 1.165) is 11.0 Å². The molecule has 1 N–H and O–H groups in total. The maximum absolute atomic E-state index is 5.71. The van der Waals surface area contributed by atoms with Crippen LogP contribution >= 0.6 is 27.5 Å². The van der Waals surface area contributed by atoms with E-state index in [1.165, 1.54) is 18.4 Å². The topological polar surface area (TPSA) is 12.0 Å². The van der Waals surface area contributed by atoms with Gasteiger partial charge in [-0.3, -0.25) is 0 Å². The smallest absolute Gasteiger partial charge is 0.0310 e. The molecule has 0 spiro atoms. The van der Waals surface area contributed by atoms with Gasteiger partial charge in [-0.1, -0.05) is 46.2 Å². The predicted octanol–water partition coefficient (Wildman–Crippen LogP) is 4.04. The predicted molar refractivity (Wildman–Crippen MR) is 72.9 cm³/mol. The second-order valence-corrected chi connectivity index (χ2v) is 5.77. The van der Waals surface area contributed by atoms with E-state index in [4.69, 9.17) is 11.6 Å². The van der Waals surface area contributed by atoms with Crippen LogP contribution in [-0.2, 0) is 0 Å². The number of hydrogen-bond acceptors (Lipinski definition) is 1. The van der Waals surface area contributed by atoms with Gasteiger partial charge in [0, 0.05) is 22.1 Å². The van der Waals surface area contributed by atoms with Gasteiger partial charge in [-0.05, 0) is 36.5 Å². The van der Waals surface area contributed by atoms with Crippen molar-refractivity contribution < 1.29 is 0 Å². The van der Waals surface area contributed by atoms with Gasteiger partial charge in [-0.15, -0.1) is 0 Å². The second kappa shape index (κ2) is 5.35. The molecule has 1 fully saturated rings. The highest BCUT2D eigenvalue weighted by atomic mass is 79.9. The van der Waals surface area contributed by atoms with Crippen molar-refractivity contribution in [2.75, 3.05) is 6.54 Å². The minimum absolute atomic E-state index is 0.601. The van der Waals surface area contributed by atoms with E-state index in [0.29, 0.717) is 17.0 Å². The molecule has 86 valence electrons. The number of halogens is 2. The molecule has 1 aromatic carbocycles. The largest absolute Gasteiger partial charge is 0.309 e. The van der Waals surface area contributed by atoms with Crippen molar-refractivity contribution in [2.45, 2.75) is 24.8 Å². The van der Waals surface area contributed by atoms with Crippen LogP contribution in [0.5, 0.6) is 0 Å². The molecule has 16 heavy (non-hydrogen) atoms. The third kappa shape index (κ3) is 3.09. The molecular weight excluding hydrogens is 286 g/mol. The molecule has 0 bridgehead atoms. The molecule has 0 radical (unpaired) electrons. The Balaban J connectivity index is 1.79. The Bertz CT molecular complexity index is 368. The van der Waals surface area contributed by atoms with Crippen LogP contribution < -0.4 is 5.32 Å². The minimum atomic E-state index is 0.601. The van der Waals surface area contributed by atoms with Crippen LogP contribution in [0, 0.1) is 0 Å². The minimum Gasteiger partial charge on any atom is -0.309 e. The van der Waals surface area contributed by atoms with Crippen molar-refractivity contribution in [2.24, 2.45) is 0 Å². The first kappa shape index (κ1) is 12.2. The molecule has 0 unspecified atom stereocenters. The van der Waals surface area contributed by atoms with Crippen molar-refractivity contribution in [3.8, 4) is 0 Å². The maximum Gasteiger partial charge on any atom is 0.0310 e. The van der Waals surface area contributed by atoms with Crippen LogP contribution in [0.15, 0.2) is 40.3 Å². The Hall–Kier alpha value is -0.310. The Labute approximate surface area is 110 Å². The molecule has 0 aliphatic heterocycles.